The summed E-state index contributed by atoms with van der Waals surface area (Å²) in [4.78, 5) is 11.0. The van der Waals surface area contributed by atoms with E-state index in [1.54, 1.807) is 18.2 Å². The summed E-state index contributed by atoms with van der Waals surface area (Å²) >= 11 is 0. The van der Waals surface area contributed by atoms with Gasteiger partial charge in [0.15, 0.2) is 11.5 Å². The first kappa shape index (κ1) is 9.41. The first-order chi connectivity index (χ1) is 7.58. The van der Waals surface area contributed by atoms with Crippen molar-refractivity contribution < 1.29 is 22.1 Å². The van der Waals surface area contributed by atoms with Gasteiger partial charge in [-0.1, -0.05) is 12.1 Å². The smallest absolute Gasteiger partial charge is 0.339 e. The number of para-hydroxylation sites is 1. The SMILES string of the molecule is O=C1CC2=C(O1)c1ccccc1OS2(=O)=O. The highest BCUT2D eigenvalue weighted by atomic mass is 32.2. The average Bonchev–Trinajstić information content (AvgIpc) is 2.61. The molecule has 0 bridgehead atoms. The Kier molecular flexibility index (Phi) is 1.68. The fraction of sp³-hybridized carbons (Fsp3) is 0.100. The maximum atomic E-state index is 11.7. The van der Waals surface area contributed by atoms with Crippen molar-refractivity contribution in [1.29, 1.82) is 0 Å². The van der Waals surface area contributed by atoms with Gasteiger partial charge in [-0.15, -0.1) is 0 Å². The number of carbonyl (C=O) groups excluding carboxylic acids is 1. The lowest BCUT2D eigenvalue weighted by Gasteiger charge is -2.16. The van der Waals surface area contributed by atoms with Crippen LogP contribution in [0.15, 0.2) is 29.2 Å². The van der Waals surface area contributed by atoms with Crippen molar-refractivity contribution in [3.05, 3.63) is 34.7 Å². The molecule has 5 nitrogen and oxygen atoms in total. The normalized spacial score (nSPS) is 20.9. The van der Waals surface area contributed by atoms with Crippen LogP contribution in [-0.4, -0.2) is 14.4 Å². The quantitative estimate of drug-likeness (QED) is 0.498. The van der Waals surface area contributed by atoms with Crippen LogP contribution in [0.3, 0.4) is 0 Å². The molecule has 1 aromatic rings. The van der Waals surface area contributed by atoms with Crippen LogP contribution in [0, 0.1) is 0 Å². The monoisotopic (exact) mass is 238 g/mol. The van der Waals surface area contributed by atoms with Crippen molar-refractivity contribution in [3.8, 4) is 5.75 Å². The van der Waals surface area contributed by atoms with Crippen molar-refractivity contribution in [2.24, 2.45) is 0 Å². The molecule has 2 aliphatic rings. The molecule has 0 fully saturated rings. The summed E-state index contributed by atoms with van der Waals surface area (Å²) in [5.74, 6) is -0.281. The van der Waals surface area contributed by atoms with Crippen LogP contribution in [-0.2, 0) is 19.6 Å². The highest BCUT2D eigenvalue weighted by Gasteiger charge is 2.40. The van der Waals surface area contributed by atoms with E-state index in [0.29, 0.717) is 5.56 Å². The zero-order valence-electron chi connectivity index (χ0n) is 7.97. The third-order valence-corrected chi connectivity index (χ3v) is 3.74. The lowest BCUT2D eigenvalue weighted by molar-refractivity contribution is -0.134. The van der Waals surface area contributed by atoms with E-state index in [2.05, 4.69) is 0 Å². The van der Waals surface area contributed by atoms with Gasteiger partial charge in [0.05, 0.1) is 12.0 Å². The van der Waals surface area contributed by atoms with Gasteiger partial charge < -0.3 is 8.92 Å². The van der Waals surface area contributed by atoms with Gasteiger partial charge in [-0.2, -0.15) is 8.42 Å². The molecule has 0 aliphatic carbocycles. The van der Waals surface area contributed by atoms with E-state index in [0.717, 1.165) is 0 Å². The van der Waals surface area contributed by atoms with Crippen molar-refractivity contribution >= 4 is 21.8 Å². The van der Waals surface area contributed by atoms with Gasteiger partial charge in [-0.25, -0.2) is 0 Å². The van der Waals surface area contributed by atoms with Crippen LogP contribution in [0.5, 0.6) is 5.75 Å². The average molecular weight is 238 g/mol. The van der Waals surface area contributed by atoms with Gasteiger partial charge in [0.2, 0.25) is 0 Å². The number of rotatable bonds is 0. The number of fused-ring (bicyclic) bond motifs is 2. The summed E-state index contributed by atoms with van der Waals surface area (Å²) in [6, 6.07) is 6.54. The number of ether oxygens (including phenoxy) is 1. The molecule has 6 heteroatoms. The minimum atomic E-state index is -3.87. The Morgan fingerprint density at radius 2 is 1.94 bits per heavy atom. The van der Waals surface area contributed by atoms with Gasteiger partial charge in [-0.05, 0) is 12.1 Å². The number of benzene rings is 1. The molecule has 0 radical (unpaired) electrons. The maximum Gasteiger partial charge on any atom is 0.339 e. The molecule has 0 amide bonds. The molecule has 82 valence electrons. The van der Waals surface area contributed by atoms with Crippen LogP contribution in [0.1, 0.15) is 12.0 Å². The van der Waals surface area contributed by atoms with E-state index in [4.69, 9.17) is 8.92 Å². The van der Waals surface area contributed by atoms with E-state index in [9.17, 15) is 13.2 Å². The van der Waals surface area contributed by atoms with Gasteiger partial charge in [0.1, 0.15) is 4.91 Å². The fourth-order valence-electron chi connectivity index (χ4n) is 1.72. The van der Waals surface area contributed by atoms with Crippen molar-refractivity contribution in [3.63, 3.8) is 0 Å². The predicted octanol–water partition coefficient (Wildman–Crippen LogP) is 1.02. The Balaban J connectivity index is 2.31. The first-order valence-electron chi connectivity index (χ1n) is 4.56. The van der Waals surface area contributed by atoms with Crippen molar-refractivity contribution in [1.82, 2.24) is 0 Å². The molecule has 2 aliphatic heterocycles. The Morgan fingerprint density at radius 3 is 2.75 bits per heavy atom. The third kappa shape index (κ3) is 1.16. The lowest BCUT2D eigenvalue weighted by Crippen LogP contribution is -2.16. The van der Waals surface area contributed by atoms with Gasteiger partial charge in [0, 0.05) is 0 Å². The van der Waals surface area contributed by atoms with Gasteiger partial charge >= 0.3 is 16.1 Å². The topological polar surface area (TPSA) is 69.7 Å². The van der Waals surface area contributed by atoms with Crippen LogP contribution >= 0.6 is 0 Å². The molecule has 0 saturated carbocycles. The molecule has 2 heterocycles. The summed E-state index contributed by atoms with van der Waals surface area (Å²) < 4.78 is 33.1. The van der Waals surface area contributed by atoms with Gasteiger partial charge in [-0.3, -0.25) is 4.79 Å². The second-order valence-electron chi connectivity index (χ2n) is 3.44. The molecule has 0 saturated heterocycles. The number of hydrogen-bond acceptors (Lipinski definition) is 5. The highest BCUT2D eigenvalue weighted by molar-refractivity contribution is 7.91. The van der Waals surface area contributed by atoms with Gasteiger partial charge in [0.25, 0.3) is 0 Å². The van der Waals surface area contributed by atoms with Crippen LogP contribution in [0.4, 0.5) is 0 Å². The maximum absolute atomic E-state index is 11.7. The third-order valence-electron chi connectivity index (χ3n) is 2.41. The molecule has 0 spiro atoms. The lowest BCUT2D eigenvalue weighted by atomic mass is 10.1. The second kappa shape index (κ2) is 2.85. The second-order valence-corrected chi connectivity index (χ2v) is 5.00. The molecular formula is C10H6O5S. The van der Waals surface area contributed by atoms with E-state index < -0.39 is 16.1 Å². The molecule has 16 heavy (non-hydrogen) atoms. The fourth-order valence-corrected chi connectivity index (χ4v) is 2.88. The Hall–Kier alpha value is -1.82. The summed E-state index contributed by atoms with van der Waals surface area (Å²) in [5, 5.41) is 0. The van der Waals surface area contributed by atoms with E-state index in [1.807, 2.05) is 0 Å². The van der Waals surface area contributed by atoms with Crippen LogP contribution < -0.4 is 4.18 Å². The molecule has 0 atom stereocenters. The molecular weight excluding hydrogens is 232 g/mol. The molecule has 3 rings (SSSR count). The standard InChI is InChI=1S/C10H6O5S/c11-9-5-8-10(14-9)6-3-1-2-4-7(6)15-16(8,12)13/h1-4H,5H2. The molecule has 0 aromatic heterocycles. The molecule has 0 unspecified atom stereocenters. The van der Waals surface area contributed by atoms with Crippen molar-refractivity contribution in [2.45, 2.75) is 6.42 Å². The van der Waals surface area contributed by atoms with Crippen LogP contribution in [0.2, 0.25) is 0 Å². The van der Waals surface area contributed by atoms with Crippen molar-refractivity contribution in [2.75, 3.05) is 0 Å². The molecule has 0 N–H and O–H groups in total. The van der Waals surface area contributed by atoms with Crippen LogP contribution in [0.25, 0.3) is 5.76 Å². The summed E-state index contributed by atoms with van der Waals surface area (Å²) in [6.07, 6.45) is -0.258. The minimum Gasteiger partial charge on any atom is -0.424 e. The summed E-state index contributed by atoms with van der Waals surface area (Å²) in [6.45, 7) is 0. The zero-order valence-corrected chi connectivity index (χ0v) is 8.78. The minimum absolute atomic E-state index is 0.0869. The summed E-state index contributed by atoms with van der Waals surface area (Å²) in [7, 11) is -3.87. The number of hydrogen-bond donors (Lipinski definition) is 0. The number of esters is 1. The highest BCUT2D eigenvalue weighted by Crippen LogP contribution is 2.42. The Bertz CT molecular complexity index is 626. The van der Waals surface area contributed by atoms with E-state index >= 15 is 0 Å². The summed E-state index contributed by atoms with van der Waals surface area (Å²) in [5.41, 5.74) is 0.498. The number of carbonyl (C=O) groups is 1. The molecule has 1 aromatic carbocycles. The predicted molar refractivity (Wildman–Crippen MR) is 53.6 cm³/mol. The Morgan fingerprint density at radius 1 is 1.19 bits per heavy atom. The first-order valence-corrected chi connectivity index (χ1v) is 5.96. The zero-order chi connectivity index (χ0) is 11.3. The Labute approximate surface area is 91.4 Å². The van der Waals surface area contributed by atoms with E-state index in [1.165, 1.54) is 6.07 Å². The van der Waals surface area contributed by atoms with E-state index in [-0.39, 0.29) is 22.8 Å². The largest absolute Gasteiger partial charge is 0.424 e.